The van der Waals surface area contributed by atoms with Gasteiger partial charge in [-0.3, -0.25) is 4.90 Å². The molecule has 47 valence electrons. The van der Waals surface area contributed by atoms with Gasteiger partial charge in [-0.1, -0.05) is 0 Å². The Labute approximate surface area is 55.6 Å². The van der Waals surface area contributed by atoms with Crippen molar-refractivity contribution in [2.24, 2.45) is 0 Å². The maximum atomic E-state index is 5.83. The molecule has 0 aromatic carbocycles. The summed E-state index contributed by atoms with van der Waals surface area (Å²) in [6.07, 6.45) is 3.62. The third-order valence-corrected chi connectivity index (χ3v) is 2.03. The highest BCUT2D eigenvalue weighted by Crippen LogP contribution is 2.17. The number of piperidine rings is 1. The third-order valence-electron chi connectivity index (χ3n) is 1.53. The van der Waals surface area contributed by atoms with Crippen LogP contribution < -0.4 is 0 Å². The quantitative estimate of drug-likeness (QED) is 0.359. The molecule has 8 heavy (non-hydrogen) atoms. The van der Waals surface area contributed by atoms with E-state index in [1.807, 2.05) is 4.90 Å². The van der Waals surface area contributed by atoms with Gasteiger partial charge in [0.2, 0.25) is 0 Å². The van der Waals surface area contributed by atoms with E-state index in [4.69, 9.17) is 11.6 Å². The van der Waals surface area contributed by atoms with Crippen LogP contribution in [0.1, 0.15) is 19.3 Å². The first-order chi connectivity index (χ1) is 3.80. The van der Waals surface area contributed by atoms with E-state index >= 15 is 0 Å². The predicted octanol–water partition coefficient (Wildman–Crippen LogP) is 1.83. The van der Waals surface area contributed by atoms with Crippen molar-refractivity contribution in [3.63, 3.8) is 0 Å². The second-order valence-electron chi connectivity index (χ2n) is 2.24. The summed E-state index contributed by atoms with van der Waals surface area (Å²) < 4.78 is 0. The number of hydrogen-bond acceptors (Lipinski definition) is 1. The van der Waals surface area contributed by atoms with Gasteiger partial charge in [0.25, 0.3) is 0 Å². The number of rotatable bonds is 0. The molecule has 1 aliphatic rings. The number of hydrogen-bond donors (Lipinski definition) is 0. The minimum Gasteiger partial charge on any atom is -0.286 e. The summed E-state index contributed by atoms with van der Waals surface area (Å²) in [5, 5.41) is 0. The monoisotopic (exact) mass is 132 g/mol. The molecule has 1 radical (unpaired) electrons. The molecule has 0 bridgehead atoms. The van der Waals surface area contributed by atoms with Gasteiger partial charge in [-0.25, -0.2) is 0 Å². The fraction of sp³-hybridized carbons (Fsp3) is 0.833. The average Bonchev–Trinajstić information content (AvgIpc) is 1.77. The van der Waals surface area contributed by atoms with Gasteiger partial charge in [-0.05, 0) is 25.8 Å². The van der Waals surface area contributed by atoms with E-state index in [9.17, 15) is 0 Å². The second-order valence-corrected chi connectivity index (χ2v) is 2.75. The van der Waals surface area contributed by atoms with Gasteiger partial charge in [0, 0.05) is 7.05 Å². The van der Waals surface area contributed by atoms with Gasteiger partial charge in [-0.15, -0.1) is 11.6 Å². The molecule has 0 N–H and O–H groups in total. The van der Waals surface area contributed by atoms with Gasteiger partial charge in [-0.2, -0.15) is 0 Å². The van der Waals surface area contributed by atoms with Crippen molar-refractivity contribution in [1.82, 2.24) is 4.90 Å². The van der Waals surface area contributed by atoms with Crippen LogP contribution in [0.4, 0.5) is 0 Å². The molecule has 2 heteroatoms. The smallest absolute Gasteiger partial charge is 0.0850 e. The first-order valence-electron chi connectivity index (χ1n) is 3.02. The van der Waals surface area contributed by atoms with E-state index in [0.29, 0.717) is 0 Å². The van der Waals surface area contributed by atoms with E-state index in [1.165, 1.54) is 12.8 Å². The average molecular weight is 133 g/mol. The van der Waals surface area contributed by atoms with E-state index in [2.05, 4.69) is 7.05 Å². The third kappa shape index (κ3) is 1.36. The zero-order valence-corrected chi connectivity index (χ0v) is 5.69. The standard InChI is InChI=1S/C6H11ClN/c1-8-5-3-2-4-6(8)7/h6H,1-5H2. The highest BCUT2D eigenvalue weighted by molar-refractivity contribution is 6.20. The van der Waals surface area contributed by atoms with Crippen LogP contribution in [-0.4, -0.2) is 16.9 Å². The molecule has 0 aliphatic carbocycles. The maximum Gasteiger partial charge on any atom is 0.0850 e. The molecule has 1 atom stereocenters. The minimum atomic E-state index is 0.198. The van der Waals surface area contributed by atoms with Crippen LogP contribution >= 0.6 is 11.6 Å². The van der Waals surface area contributed by atoms with Crippen LogP contribution in [0.5, 0.6) is 0 Å². The Morgan fingerprint density at radius 3 is 2.62 bits per heavy atom. The van der Waals surface area contributed by atoms with Crippen LogP contribution in [0.3, 0.4) is 0 Å². The second kappa shape index (κ2) is 2.70. The lowest BCUT2D eigenvalue weighted by atomic mass is 10.1. The fourth-order valence-corrected chi connectivity index (χ4v) is 1.20. The van der Waals surface area contributed by atoms with Crippen LogP contribution in [0.15, 0.2) is 0 Å². The van der Waals surface area contributed by atoms with Crippen molar-refractivity contribution in [3.05, 3.63) is 7.05 Å². The Kier molecular flexibility index (Phi) is 2.15. The molecule has 0 aromatic rings. The largest absolute Gasteiger partial charge is 0.286 e. The highest BCUT2D eigenvalue weighted by atomic mass is 35.5. The van der Waals surface area contributed by atoms with Crippen molar-refractivity contribution in [2.45, 2.75) is 24.8 Å². The van der Waals surface area contributed by atoms with Gasteiger partial charge in [0.05, 0.1) is 5.50 Å². The summed E-state index contributed by atoms with van der Waals surface area (Å²) in [4.78, 5) is 1.95. The molecule has 1 heterocycles. The van der Waals surface area contributed by atoms with Crippen LogP contribution in [0.2, 0.25) is 0 Å². The number of alkyl halides is 1. The van der Waals surface area contributed by atoms with E-state index in [1.54, 1.807) is 0 Å². The molecule has 0 spiro atoms. The van der Waals surface area contributed by atoms with Gasteiger partial charge in [0.15, 0.2) is 0 Å². The summed E-state index contributed by atoms with van der Waals surface area (Å²) in [7, 11) is 3.78. The zero-order chi connectivity index (χ0) is 5.98. The van der Waals surface area contributed by atoms with E-state index in [-0.39, 0.29) is 5.50 Å². The lowest BCUT2D eigenvalue weighted by Crippen LogP contribution is -2.29. The molecular weight excluding hydrogens is 122 g/mol. The van der Waals surface area contributed by atoms with Crippen LogP contribution in [0.25, 0.3) is 0 Å². The molecule has 1 unspecified atom stereocenters. The Morgan fingerprint density at radius 2 is 2.25 bits per heavy atom. The summed E-state index contributed by atoms with van der Waals surface area (Å²) in [6.45, 7) is 1.06. The highest BCUT2D eigenvalue weighted by Gasteiger charge is 2.14. The summed E-state index contributed by atoms with van der Waals surface area (Å²) in [5.41, 5.74) is 0.198. The molecule has 1 nitrogen and oxygen atoms in total. The molecule has 1 fully saturated rings. The Hall–Kier alpha value is 0.250. The van der Waals surface area contributed by atoms with Crippen molar-refractivity contribution >= 4 is 11.6 Å². The molecule has 1 saturated heterocycles. The summed E-state index contributed by atoms with van der Waals surface area (Å²) in [5.74, 6) is 0. The number of halogens is 1. The summed E-state index contributed by atoms with van der Waals surface area (Å²) in [6, 6.07) is 0. The first-order valence-corrected chi connectivity index (χ1v) is 3.45. The molecule has 1 aliphatic heterocycles. The molecule has 0 aromatic heterocycles. The zero-order valence-electron chi connectivity index (χ0n) is 4.94. The Morgan fingerprint density at radius 1 is 1.50 bits per heavy atom. The summed E-state index contributed by atoms with van der Waals surface area (Å²) >= 11 is 5.83. The van der Waals surface area contributed by atoms with Crippen molar-refractivity contribution in [3.8, 4) is 0 Å². The molecular formula is C6H11ClN. The van der Waals surface area contributed by atoms with Crippen LogP contribution in [0, 0.1) is 7.05 Å². The lowest BCUT2D eigenvalue weighted by Gasteiger charge is -2.26. The van der Waals surface area contributed by atoms with Crippen molar-refractivity contribution < 1.29 is 0 Å². The Bertz CT molecular complexity index is 64.9. The number of nitrogens with zero attached hydrogens (tertiary/aromatic N) is 1. The van der Waals surface area contributed by atoms with Gasteiger partial charge in [0.1, 0.15) is 0 Å². The number of likely N-dealkylation sites (tertiary alicyclic amines) is 1. The molecule has 0 saturated carbocycles. The normalized spacial score (nSPS) is 33.0. The van der Waals surface area contributed by atoms with Crippen molar-refractivity contribution in [2.75, 3.05) is 6.54 Å². The SMILES string of the molecule is [CH2]N1CCCCC1Cl. The van der Waals surface area contributed by atoms with Gasteiger partial charge >= 0.3 is 0 Å². The minimum absolute atomic E-state index is 0.198. The first kappa shape index (κ1) is 6.37. The molecule has 1 rings (SSSR count). The predicted molar refractivity (Wildman–Crippen MR) is 35.6 cm³/mol. The van der Waals surface area contributed by atoms with Crippen LogP contribution in [-0.2, 0) is 0 Å². The molecule has 0 amide bonds. The van der Waals surface area contributed by atoms with Gasteiger partial charge < -0.3 is 0 Å². The topological polar surface area (TPSA) is 3.24 Å². The fourth-order valence-electron chi connectivity index (χ4n) is 0.950. The lowest BCUT2D eigenvalue weighted by molar-refractivity contribution is 0.273. The maximum absolute atomic E-state index is 5.83. The Balaban J connectivity index is 2.28. The van der Waals surface area contributed by atoms with Crippen molar-refractivity contribution in [1.29, 1.82) is 0 Å². The van der Waals surface area contributed by atoms with E-state index < -0.39 is 0 Å². The van der Waals surface area contributed by atoms with E-state index in [0.717, 1.165) is 13.0 Å².